The minimum absolute atomic E-state index is 0.337. The fourth-order valence-corrected chi connectivity index (χ4v) is 1.41. The highest BCUT2D eigenvalue weighted by Gasteiger charge is 2.14. The Labute approximate surface area is 77.9 Å². The lowest BCUT2D eigenvalue weighted by molar-refractivity contribution is 0.346. The van der Waals surface area contributed by atoms with Crippen molar-refractivity contribution >= 4 is 0 Å². The minimum atomic E-state index is 0.337. The van der Waals surface area contributed by atoms with Gasteiger partial charge in [-0.05, 0) is 39.2 Å². The molecule has 0 saturated carbocycles. The molecule has 0 heterocycles. The van der Waals surface area contributed by atoms with Crippen molar-refractivity contribution in [2.45, 2.75) is 59.4 Å². The van der Waals surface area contributed by atoms with Crippen LogP contribution in [0.4, 0.5) is 0 Å². The molecule has 74 valence electrons. The van der Waals surface area contributed by atoms with E-state index in [1.165, 1.54) is 19.3 Å². The molecule has 0 aliphatic heterocycles. The lowest BCUT2D eigenvalue weighted by atomic mass is 9.98. The van der Waals surface area contributed by atoms with Gasteiger partial charge in [-0.1, -0.05) is 27.2 Å². The third kappa shape index (κ3) is 6.66. The second-order valence-corrected chi connectivity index (χ2v) is 4.74. The normalized spacial score (nSPS) is 12.5. The first-order valence-electron chi connectivity index (χ1n) is 5.23. The molecule has 0 rings (SSSR count). The van der Waals surface area contributed by atoms with Gasteiger partial charge in [-0.3, -0.25) is 0 Å². The van der Waals surface area contributed by atoms with Crippen LogP contribution in [0, 0.1) is 5.92 Å². The molecule has 12 heavy (non-hydrogen) atoms. The fourth-order valence-electron chi connectivity index (χ4n) is 1.41. The molecule has 0 aromatic rings. The van der Waals surface area contributed by atoms with E-state index < -0.39 is 0 Å². The van der Waals surface area contributed by atoms with Crippen molar-refractivity contribution in [3.05, 3.63) is 0 Å². The van der Waals surface area contributed by atoms with Crippen molar-refractivity contribution in [1.82, 2.24) is 5.32 Å². The number of hydrogen-bond donors (Lipinski definition) is 1. The highest BCUT2D eigenvalue weighted by Crippen LogP contribution is 2.10. The average molecular weight is 171 g/mol. The molecule has 0 radical (unpaired) electrons. The SMILES string of the molecule is CCCC(C)(C)NCCC(C)C. The molecule has 0 fully saturated rings. The fraction of sp³-hybridized carbons (Fsp3) is 1.00. The lowest BCUT2D eigenvalue weighted by Crippen LogP contribution is -2.39. The predicted molar refractivity (Wildman–Crippen MR) is 56.4 cm³/mol. The molecule has 0 atom stereocenters. The maximum atomic E-state index is 3.59. The summed E-state index contributed by atoms with van der Waals surface area (Å²) >= 11 is 0. The minimum Gasteiger partial charge on any atom is -0.312 e. The van der Waals surface area contributed by atoms with Crippen LogP contribution < -0.4 is 5.32 Å². The molecule has 0 aromatic heterocycles. The first kappa shape index (κ1) is 12.0. The summed E-state index contributed by atoms with van der Waals surface area (Å²) in [5, 5.41) is 3.59. The molecule has 1 N–H and O–H groups in total. The van der Waals surface area contributed by atoms with Gasteiger partial charge in [0, 0.05) is 5.54 Å². The second-order valence-electron chi connectivity index (χ2n) is 4.74. The van der Waals surface area contributed by atoms with E-state index in [9.17, 15) is 0 Å². The van der Waals surface area contributed by atoms with Gasteiger partial charge in [0.2, 0.25) is 0 Å². The highest BCUT2D eigenvalue weighted by atomic mass is 14.9. The monoisotopic (exact) mass is 171 g/mol. The number of rotatable bonds is 6. The summed E-state index contributed by atoms with van der Waals surface area (Å²) in [5.74, 6) is 0.815. The predicted octanol–water partition coefficient (Wildman–Crippen LogP) is 3.20. The van der Waals surface area contributed by atoms with Crippen molar-refractivity contribution in [2.24, 2.45) is 5.92 Å². The van der Waals surface area contributed by atoms with Crippen molar-refractivity contribution in [1.29, 1.82) is 0 Å². The van der Waals surface area contributed by atoms with E-state index in [4.69, 9.17) is 0 Å². The van der Waals surface area contributed by atoms with Gasteiger partial charge in [0.1, 0.15) is 0 Å². The third-order valence-electron chi connectivity index (χ3n) is 2.20. The molecule has 0 saturated heterocycles. The zero-order valence-electron chi connectivity index (χ0n) is 9.41. The average Bonchev–Trinajstić information content (AvgIpc) is 1.85. The van der Waals surface area contributed by atoms with E-state index in [0.717, 1.165) is 12.5 Å². The first-order chi connectivity index (χ1) is 5.48. The molecule has 0 bridgehead atoms. The Morgan fingerprint density at radius 3 is 2.25 bits per heavy atom. The molecule has 0 amide bonds. The smallest absolute Gasteiger partial charge is 0.0125 e. The van der Waals surface area contributed by atoms with Gasteiger partial charge in [0.15, 0.2) is 0 Å². The second kappa shape index (κ2) is 5.58. The molecular weight excluding hydrogens is 146 g/mol. The van der Waals surface area contributed by atoms with Gasteiger partial charge >= 0.3 is 0 Å². The van der Waals surface area contributed by atoms with Crippen molar-refractivity contribution < 1.29 is 0 Å². The molecule has 0 spiro atoms. The first-order valence-corrected chi connectivity index (χ1v) is 5.23. The summed E-state index contributed by atoms with van der Waals surface area (Å²) < 4.78 is 0. The maximum absolute atomic E-state index is 3.59. The Kier molecular flexibility index (Phi) is 5.56. The van der Waals surface area contributed by atoms with Crippen LogP contribution in [0.25, 0.3) is 0 Å². The van der Waals surface area contributed by atoms with Crippen LogP contribution in [0.15, 0.2) is 0 Å². The lowest BCUT2D eigenvalue weighted by Gasteiger charge is -2.26. The zero-order valence-corrected chi connectivity index (χ0v) is 9.41. The third-order valence-corrected chi connectivity index (χ3v) is 2.20. The van der Waals surface area contributed by atoms with Crippen LogP contribution in [-0.2, 0) is 0 Å². The van der Waals surface area contributed by atoms with Gasteiger partial charge < -0.3 is 5.32 Å². The van der Waals surface area contributed by atoms with Crippen LogP contribution in [-0.4, -0.2) is 12.1 Å². The van der Waals surface area contributed by atoms with Gasteiger partial charge in [0.25, 0.3) is 0 Å². The summed E-state index contributed by atoms with van der Waals surface area (Å²) in [6.07, 6.45) is 3.82. The van der Waals surface area contributed by atoms with Crippen molar-refractivity contribution in [3.8, 4) is 0 Å². The topological polar surface area (TPSA) is 12.0 Å². The van der Waals surface area contributed by atoms with Crippen LogP contribution in [0.2, 0.25) is 0 Å². The van der Waals surface area contributed by atoms with Crippen LogP contribution in [0.5, 0.6) is 0 Å². The highest BCUT2D eigenvalue weighted by molar-refractivity contribution is 4.76. The van der Waals surface area contributed by atoms with Crippen LogP contribution >= 0.6 is 0 Å². The van der Waals surface area contributed by atoms with Crippen LogP contribution in [0.3, 0.4) is 0 Å². The molecular formula is C11H25N. The molecule has 0 aromatic carbocycles. The Morgan fingerprint density at radius 1 is 1.25 bits per heavy atom. The summed E-state index contributed by atoms with van der Waals surface area (Å²) in [5.41, 5.74) is 0.337. The van der Waals surface area contributed by atoms with E-state index in [1.54, 1.807) is 0 Å². The molecule has 0 aliphatic rings. The van der Waals surface area contributed by atoms with Gasteiger partial charge in [0.05, 0.1) is 0 Å². The number of nitrogens with one attached hydrogen (secondary N) is 1. The van der Waals surface area contributed by atoms with Crippen LogP contribution in [0.1, 0.15) is 53.9 Å². The standard InChI is InChI=1S/C11H25N/c1-6-8-11(4,5)12-9-7-10(2)3/h10,12H,6-9H2,1-5H3. The summed E-state index contributed by atoms with van der Waals surface area (Å²) in [6, 6.07) is 0. The van der Waals surface area contributed by atoms with Crippen molar-refractivity contribution in [3.63, 3.8) is 0 Å². The Morgan fingerprint density at radius 2 is 1.83 bits per heavy atom. The van der Waals surface area contributed by atoms with E-state index >= 15 is 0 Å². The summed E-state index contributed by atoms with van der Waals surface area (Å²) in [7, 11) is 0. The zero-order chi connectivity index (χ0) is 9.61. The molecule has 1 heteroatoms. The van der Waals surface area contributed by atoms with Gasteiger partial charge in [-0.2, -0.15) is 0 Å². The Hall–Kier alpha value is -0.0400. The Balaban J connectivity index is 3.46. The maximum Gasteiger partial charge on any atom is 0.0125 e. The molecule has 0 aliphatic carbocycles. The molecule has 0 unspecified atom stereocenters. The molecule has 1 nitrogen and oxygen atoms in total. The van der Waals surface area contributed by atoms with E-state index in [-0.39, 0.29) is 0 Å². The van der Waals surface area contributed by atoms with E-state index in [0.29, 0.717) is 5.54 Å². The van der Waals surface area contributed by atoms with Gasteiger partial charge in [-0.15, -0.1) is 0 Å². The number of hydrogen-bond acceptors (Lipinski definition) is 1. The van der Waals surface area contributed by atoms with E-state index in [1.807, 2.05) is 0 Å². The largest absolute Gasteiger partial charge is 0.312 e. The van der Waals surface area contributed by atoms with Gasteiger partial charge in [-0.25, -0.2) is 0 Å². The summed E-state index contributed by atoms with van der Waals surface area (Å²) in [4.78, 5) is 0. The van der Waals surface area contributed by atoms with E-state index in [2.05, 4.69) is 39.9 Å². The van der Waals surface area contributed by atoms with Crippen molar-refractivity contribution in [2.75, 3.05) is 6.54 Å². The summed E-state index contributed by atoms with van der Waals surface area (Å²) in [6.45, 7) is 12.5. The quantitative estimate of drug-likeness (QED) is 0.647. The Bertz CT molecular complexity index is 106.